The van der Waals surface area contributed by atoms with Gasteiger partial charge in [0.25, 0.3) is 0 Å². The first-order valence-electron chi connectivity index (χ1n) is 8.37. The second-order valence-electron chi connectivity index (χ2n) is 6.22. The lowest BCUT2D eigenvalue weighted by Crippen LogP contribution is -2.36. The number of piperidine rings is 1. The van der Waals surface area contributed by atoms with E-state index in [4.69, 9.17) is 4.74 Å². The SMILES string of the molecule is COc1cccc(N2CCC(C(=O)c3ccc(F)cc3)CC2)c1[N+](=O)[O-]. The van der Waals surface area contributed by atoms with Crippen molar-refractivity contribution in [2.75, 3.05) is 25.1 Å². The number of benzene rings is 2. The maximum absolute atomic E-state index is 13.0. The monoisotopic (exact) mass is 358 g/mol. The zero-order chi connectivity index (χ0) is 18.7. The number of hydrogen-bond acceptors (Lipinski definition) is 5. The van der Waals surface area contributed by atoms with Gasteiger partial charge in [0, 0.05) is 24.6 Å². The standard InChI is InChI=1S/C19H19FN2O4/c1-26-17-4-2-3-16(18(17)22(24)25)21-11-9-14(10-12-21)19(23)13-5-7-15(20)8-6-13/h2-8,14H,9-12H2,1H3. The van der Waals surface area contributed by atoms with Gasteiger partial charge in [-0.3, -0.25) is 14.9 Å². The summed E-state index contributed by atoms with van der Waals surface area (Å²) in [6, 6.07) is 10.5. The van der Waals surface area contributed by atoms with Crippen LogP contribution in [-0.2, 0) is 0 Å². The Balaban J connectivity index is 1.74. The number of Topliss-reactive ketones (excluding diaryl/α,β-unsaturated/α-hetero) is 1. The van der Waals surface area contributed by atoms with Crippen LogP contribution < -0.4 is 9.64 Å². The van der Waals surface area contributed by atoms with Gasteiger partial charge in [-0.1, -0.05) is 6.07 Å². The summed E-state index contributed by atoms with van der Waals surface area (Å²) in [7, 11) is 1.40. The highest BCUT2D eigenvalue weighted by atomic mass is 19.1. The van der Waals surface area contributed by atoms with Crippen LogP contribution in [-0.4, -0.2) is 30.9 Å². The molecule has 2 aromatic rings. The van der Waals surface area contributed by atoms with Gasteiger partial charge in [0.2, 0.25) is 0 Å². The molecule has 0 amide bonds. The molecule has 1 saturated heterocycles. The van der Waals surface area contributed by atoms with E-state index in [2.05, 4.69) is 0 Å². The van der Waals surface area contributed by atoms with Gasteiger partial charge in [0.1, 0.15) is 11.5 Å². The number of para-hydroxylation sites is 1. The summed E-state index contributed by atoms with van der Waals surface area (Å²) < 4.78 is 18.1. The molecule has 1 heterocycles. The Bertz CT molecular complexity index is 815. The van der Waals surface area contributed by atoms with Gasteiger partial charge in [0.05, 0.1) is 12.0 Å². The number of carbonyl (C=O) groups is 1. The maximum Gasteiger partial charge on any atom is 0.333 e. The molecule has 0 N–H and O–H groups in total. The first-order chi connectivity index (χ1) is 12.5. The number of halogens is 1. The predicted molar refractivity (Wildman–Crippen MR) is 95.3 cm³/mol. The van der Waals surface area contributed by atoms with Crippen molar-refractivity contribution < 1.29 is 18.8 Å². The number of hydrogen-bond donors (Lipinski definition) is 0. The molecule has 1 aliphatic heterocycles. The van der Waals surface area contributed by atoms with Crippen molar-refractivity contribution in [1.82, 2.24) is 0 Å². The lowest BCUT2D eigenvalue weighted by atomic mass is 9.88. The van der Waals surface area contributed by atoms with Crippen molar-refractivity contribution in [3.8, 4) is 5.75 Å². The molecular formula is C19H19FN2O4. The average molecular weight is 358 g/mol. The highest BCUT2D eigenvalue weighted by Gasteiger charge is 2.30. The fourth-order valence-electron chi connectivity index (χ4n) is 3.35. The number of ether oxygens (including phenoxy) is 1. The van der Waals surface area contributed by atoms with Crippen LogP contribution in [0.1, 0.15) is 23.2 Å². The molecule has 3 rings (SSSR count). The van der Waals surface area contributed by atoms with Crippen LogP contribution in [0.4, 0.5) is 15.8 Å². The maximum atomic E-state index is 13.0. The van der Waals surface area contributed by atoms with Crippen molar-refractivity contribution in [3.63, 3.8) is 0 Å². The zero-order valence-electron chi connectivity index (χ0n) is 14.4. The van der Waals surface area contributed by atoms with Crippen LogP contribution in [0.15, 0.2) is 42.5 Å². The summed E-state index contributed by atoms with van der Waals surface area (Å²) in [5, 5.41) is 11.4. The second kappa shape index (κ2) is 7.51. The van der Waals surface area contributed by atoms with E-state index in [1.54, 1.807) is 18.2 Å². The third-order valence-corrected chi connectivity index (χ3v) is 4.72. The number of ketones is 1. The molecule has 7 heteroatoms. The van der Waals surface area contributed by atoms with E-state index in [9.17, 15) is 19.3 Å². The third-order valence-electron chi connectivity index (χ3n) is 4.72. The Hall–Kier alpha value is -2.96. The minimum Gasteiger partial charge on any atom is -0.490 e. The van der Waals surface area contributed by atoms with Crippen molar-refractivity contribution in [2.24, 2.45) is 5.92 Å². The predicted octanol–water partition coefficient (Wildman–Crippen LogP) is 3.84. The minimum absolute atomic E-state index is 0.00945. The Morgan fingerprint density at radius 2 is 1.85 bits per heavy atom. The van der Waals surface area contributed by atoms with Crippen LogP contribution in [0.5, 0.6) is 5.75 Å². The summed E-state index contributed by atoms with van der Waals surface area (Å²) in [4.78, 5) is 25.5. The Morgan fingerprint density at radius 1 is 1.19 bits per heavy atom. The highest BCUT2D eigenvalue weighted by Crippen LogP contribution is 2.38. The van der Waals surface area contributed by atoms with Crippen LogP contribution in [0.25, 0.3) is 0 Å². The van der Waals surface area contributed by atoms with Gasteiger partial charge >= 0.3 is 5.69 Å². The largest absolute Gasteiger partial charge is 0.490 e. The number of nitrogens with zero attached hydrogens (tertiary/aromatic N) is 2. The Labute approximate surface area is 150 Å². The normalized spacial score (nSPS) is 14.9. The van der Waals surface area contributed by atoms with Gasteiger partial charge in [-0.05, 0) is 49.2 Å². The van der Waals surface area contributed by atoms with Crippen LogP contribution in [0.2, 0.25) is 0 Å². The van der Waals surface area contributed by atoms with E-state index in [1.165, 1.54) is 31.4 Å². The van der Waals surface area contributed by atoms with E-state index in [0.29, 0.717) is 37.2 Å². The molecule has 0 atom stereocenters. The fraction of sp³-hybridized carbons (Fsp3) is 0.316. The first-order valence-corrected chi connectivity index (χ1v) is 8.37. The quantitative estimate of drug-likeness (QED) is 0.461. The highest BCUT2D eigenvalue weighted by molar-refractivity contribution is 5.98. The summed E-state index contributed by atoms with van der Waals surface area (Å²) in [5.74, 6) is -0.329. The third kappa shape index (κ3) is 3.51. The number of nitro benzene ring substituents is 1. The molecule has 26 heavy (non-hydrogen) atoms. The molecule has 0 radical (unpaired) electrons. The fourth-order valence-corrected chi connectivity index (χ4v) is 3.35. The summed E-state index contributed by atoms with van der Waals surface area (Å²) in [6.07, 6.45) is 1.18. The second-order valence-corrected chi connectivity index (χ2v) is 6.22. The van der Waals surface area contributed by atoms with Crippen molar-refractivity contribution >= 4 is 17.2 Å². The van der Waals surface area contributed by atoms with Gasteiger partial charge in [0.15, 0.2) is 11.5 Å². The number of anilines is 1. The molecule has 1 aliphatic rings. The molecule has 136 valence electrons. The zero-order valence-corrected chi connectivity index (χ0v) is 14.4. The molecule has 0 aromatic heterocycles. The van der Waals surface area contributed by atoms with Crippen molar-refractivity contribution in [1.29, 1.82) is 0 Å². The van der Waals surface area contributed by atoms with Gasteiger partial charge in [-0.25, -0.2) is 4.39 Å². The van der Waals surface area contributed by atoms with Crippen molar-refractivity contribution in [3.05, 3.63) is 64.0 Å². The molecule has 0 unspecified atom stereocenters. The van der Waals surface area contributed by atoms with Crippen LogP contribution in [0.3, 0.4) is 0 Å². The molecule has 0 bridgehead atoms. The first kappa shape index (κ1) is 17.8. The molecular weight excluding hydrogens is 339 g/mol. The van der Waals surface area contributed by atoms with E-state index in [1.807, 2.05) is 4.90 Å². The van der Waals surface area contributed by atoms with Gasteiger partial charge in [-0.15, -0.1) is 0 Å². The lowest BCUT2D eigenvalue weighted by molar-refractivity contribution is -0.385. The number of rotatable bonds is 5. The summed E-state index contributed by atoms with van der Waals surface area (Å²) in [6.45, 7) is 1.07. The van der Waals surface area contributed by atoms with E-state index in [0.717, 1.165) is 0 Å². The lowest BCUT2D eigenvalue weighted by Gasteiger charge is -2.32. The Kier molecular flexibility index (Phi) is 5.16. The van der Waals surface area contributed by atoms with Crippen molar-refractivity contribution in [2.45, 2.75) is 12.8 Å². The molecule has 6 nitrogen and oxygen atoms in total. The average Bonchev–Trinajstić information content (AvgIpc) is 2.67. The van der Waals surface area contributed by atoms with E-state index >= 15 is 0 Å². The topological polar surface area (TPSA) is 72.7 Å². The van der Waals surface area contributed by atoms with E-state index in [-0.39, 0.29) is 29.0 Å². The summed E-state index contributed by atoms with van der Waals surface area (Å²) >= 11 is 0. The molecule has 0 spiro atoms. The molecule has 2 aromatic carbocycles. The smallest absolute Gasteiger partial charge is 0.333 e. The van der Waals surface area contributed by atoms with Gasteiger partial charge in [-0.2, -0.15) is 0 Å². The van der Waals surface area contributed by atoms with E-state index < -0.39 is 4.92 Å². The Morgan fingerprint density at radius 3 is 2.42 bits per heavy atom. The minimum atomic E-state index is -0.441. The van der Waals surface area contributed by atoms with Crippen LogP contribution >= 0.6 is 0 Å². The number of nitro groups is 1. The van der Waals surface area contributed by atoms with Crippen LogP contribution in [0, 0.1) is 21.8 Å². The summed E-state index contributed by atoms with van der Waals surface area (Å²) in [5.41, 5.74) is 0.942. The number of methoxy groups -OCH3 is 1. The molecule has 0 saturated carbocycles. The van der Waals surface area contributed by atoms with Gasteiger partial charge < -0.3 is 9.64 Å². The molecule has 0 aliphatic carbocycles. The number of carbonyl (C=O) groups excluding carboxylic acids is 1. The molecule has 1 fully saturated rings.